The maximum atomic E-state index is 12.4. The third kappa shape index (κ3) is 4.73. The second-order valence-corrected chi connectivity index (χ2v) is 5.92. The summed E-state index contributed by atoms with van der Waals surface area (Å²) in [6.07, 6.45) is -1.32. The molecule has 1 aromatic carbocycles. The number of carbonyl (C=O) groups excluding carboxylic acids is 1. The van der Waals surface area contributed by atoms with Crippen LogP contribution < -0.4 is 14.8 Å². The predicted octanol–water partition coefficient (Wildman–Crippen LogP) is 3.50. The van der Waals surface area contributed by atoms with Crippen molar-refractivity contribution in [1.29, 1.82) is 0 Å². The Hall–Kier alpha value is -3.14. The summed E-state index contributed by atoms with van der Waals surface area (Å²) in [6.45, 7) is -0.849. The fourth-order valence-electron chi connectivity index (χ4n) is 2.12. The van der Waals surface area contributed by atoms with E-state index in [4.69, 9.17) is 9.47 Å². The predicted molar refractivity (Wildman–Crippen MR) is 95.6 cm³/mol. The molecule has 0 fully saturated rings. The molecule has 1 N–H and O–H groups in total. The third-order valence-electron chi connectivity index (χ3n) is 3.36. The average molecular weight is 392 g/mol. The molecule has 7 nitrogen and oxygen atoms in total. The maximum Gasteiger partial charge on any atom is 0.272 e. The number of benzene rings is 1. The zero-order valence-corrected chi connectivity index (χ0v) is 14.9. The average Bonchev–Trinajstić information content (AvgIpc) is 3.15. The van der Waals surface area contributed by atoms with Gasteiger partial charge in [-0.05, 0) is 36.4 Å². The van der Waals surface area contributed by atoms with Crippen LogP contribution in [0.2, 0.25) is 0 Å². The third-order valence-corrected chi connectivity index (χ3v) is 3.99. The van der Waals surface area contributed by atoms with Crippen LogP contribution in [-0.2, 0) is 0 Å². The van der Waals surface area contributed by atoms with Crippen molar-refractivity contribution in [3.05, 3.63) is 48.2 Å². The summed E-state index contributed by atoms with van der Waals surface area (Å²) in [5.41, 5.74) is 0.786. The summed E-state index contributed by atoms with van der Waals surface area (Å²) in [5.74, 6) is 0.397. The number of methoxy groups -OCH3 is 1. The molecule has 2 heterocycles. The van der Waals surface area contributed by atoms with E-state index in [0.29, 0.717) is 11.6 Å². The van der Waals surface area contributed by atoms with Gasteiger partial charge in [-0.25, -0.2) is 13.8 Å². The molecule has 0 aliphatic rings. The minimum Gasteiger partial charge on any atom is -0.497 e. The van der Waals surface area contributed by atoms with Gasteiger partial charge in [-0.2, -0.15) is 9.36 Å². The van der Waals surface area contributed by atoms with Crippen LogP contribution in [0.5, 0.6) is 11.6 Å². The van der Waals surface area contributed by atoms with Gasteiger partial charge < -0.3 is 9.47 Å². The van der Waals surface area contributed by atoms with Crippen molar-refractivity contribution in [1.82, 2.24) is 14.3 Å². The van der Waals surface area contributed by atoms with E-state index in [1.165, 1.54) is 18.3 Å². The Balaban J connectivity index is 1.72. The molecule has 0 unspecified atom stereocenters. The molecule has 27 heavy (non-hydrogen) atoms. The molecule has 0 spiro atoms. The van der Waals surface area contributed by atoms with Gasteiger partial charge in [0.1, 0.15) is 11.3 Å². The maximum absolute atomic E-state index is 12.4. The van der Waals surface area contributed by atoms with Crippen molar-refractivity contribution < 1.29 is 23.0 Å². The number of ether oxygens (including phenoxy) is 2. The molecule has 0 aliphatic carbocycles. The molecular formula is C17H14F2N4O3S. The van der Waals surface area contributed by atoms with Crippen LogP contribution >= 0.6 is 11.5 Å². The number of anilines is 1. The first-order chi connectivity index (χ1) is 13.1. The van der Waals surface area contributed by atoms with E-state index in [1.807, 2.05) is 0 Å². The number of hydrogen-bond acceptors (Lipinski definition) is 7. The number of rotatable bonds is 7. The van der Waals surface area contributed by atoms with E-state index >= 15 is 0 Å². The first-order valence-electron chi connectivity index (χ1n) is 7.72. The largest absolute Gasteiger partial charge is 0.497 e. The van der Waals surface area contributed by atoms with Gasteiger partial charge in [0.15, 0.2) is 12.4 Å². The van der Waals surface area contributed by atoms with Crippen molar-refractivity contribution in [3.63, 3.8) is 0 Å². The van der Waals surface area contributed by atoms with E-state index in [0.717, 1.165) is 17.1 Å². The number of nitrogens with zero attached hydrogens (tertiary/aromatic N) is 3. The van der Waals surface area contributed by atoms with Gasteiger partial charge in [0.05, 0.1) is 7.11 Å². The molecule has 0 aliphatic heterocycles. The smallest absolute Gasteiger partial charge is 0.272 e. The Bertz CT molecular complexity index is 919. The standard InChI is InChI=1S/C17H14F2N4O3S/c1-25-11-6-4-10(5-7-11)14-21-17(27-23-14)22-15(24)12-3-2-8-20-16(12)26-9-13(18)19/h2-8,13H,9H2,1H3,(H,21,22,23,24). The summed E-state index contributed by atoms with van der Waals surface area (Å²) < 4.78 is 38.9. The van der Waals surface area contributed by atoms with Crippen LogP contribution in [0.3, 0.4) is 0 Å². The van der Waals surface area contributed by atoms with Gasteiger partial charge in [-0.3, -0.25) is 10.1 Å². The Labute approximate surface area is 157 Å². The van der Waals surface area contributed by atoms with E-state index < -0.39 is 18.9 Å². The zero-order valence-electron chi connectivity index (χ0n) is 14.1. The van der Waals surface area contributed by atoms with E-state index in [-0.39, 0.29) is 16.6 Å². The minimum atomic E-state index is -2.67. The monoisotopic (exact) mass is 392 g/mol. The Morgan fingerprint density at radius 2 is 2.04 bits per heavy atom. The van der Waals surface area contributed by atoms with Gasteiger partial charge >= 0.3 is 0 Å². The molecule has 140 valence electrons. The molecule has 3 aromatic rings. The summed E-state index contributed by atoms with van der Waals surface area (Å²) in [7, 11) is 1.57. The number of pyridine rings is 1. The van der Waals surface area contributed by atoms with Crippen LogP contribution in [0.15, 0.2) is 42.6 Å². The highest BCUT2D eigenvalue weighted by Gasteiger charge is 2.17. The second-order valence-electron chi connectivity index (χ2n) is 5.16. The lowest BCUT2D eigenvalue weighted by molar-refractivity contribution is 0.0780. The number of carbonyl (C=O) groups is 1. The quantitative estimate of drug-likeness (QED) is 0.662. The molecule has 0 bridgehead atoms. The summed E-state index contributed by atoms with van der Waals surface area (Å²) in [4.78, 5) is 20.5. The first-order valence-corrected chi connectivity index (χ1v) is 8.49. The topological polar surface area (TPSA) is 86.2 Å². The Kier molecular flexibility index (Phi) is 5.87. The van der Waals surface area contributed by atoms with Crippen LogP contribution in [-0.4, -0.2) is 40.4 Å². The fourth-order valence-corrected chi connectivity index (χ4v) is 2.70. The lowest BCUT2D eigenvalue weighted by Crippen LogP contribution is -2.16. The van der Waals surface area contributed by atoms with Crippen LogP contribution in [0.4, 0.5) is 13.9 Å². The molecule has 3 rings (SSSR count). The molecule has 0 atom stereocenters. The second kappa shape index (κ2) is 8.49. The Morgan fingerprint density at radius 3 is 2.74 bits per heavy atom. The van der Waals surface area contributed by atoms with Gasteiger partial charge in [0.25, 0.3) is 12.3 Å². The van der Waals surface area contributed by atoms with E-state index in [9.17, 15) is 13.6 Å². The number of amides is 1. The van der Waals surface area contributed by atoms with E-state index in [1.54, 1.807) is 31.4 Å². The SMILES string of the molecule is COc1ccc(-c2nsc(NC(=O)c3cccnc3OCC(F)F)n2)cc1. The normalized spacial score (nSPS) is 10.7. The molecule has 2 aromatic heterocycles. The summed E-state index contributed by atoms with van der Waals surface area (Å²) >= 11 is 0.996. The van der Waals surface area contributed by atoms with Crippen LogP contribution in [0.25, 0.3) is 11.4 Å². The minimum absolute atomic E-state index is 0.0272. The molecular weight excluding hydrogens is 378 g/mol. The summed E-state index contributed by atoms with van der Waals surface area (Å²) in [6, 6.07) is 10.1. The van der Waals surface area contributed by atoms with E-state index in [2.05, 4.69) is 19.7 Å². The summed E-state index contributed by atoms with van der Waals surface area (Å²) in [5, 5.41) is 2.83. The molecule has 1 amide bonds. The van der Waals surface area contributed by atoms with Gasteiger partial charge in [0.2, 0.25) is 11.0 Å². The Morgan fingerprint density at radius 1 is 1.26 bits per heavy atom. The van der Waals surface area contributed by atoms with Crippen molar-refractivity contribution in [2.24, 2.45) is 0 Å². The fraction of sp³-hybridized carbons (Fsp3) is 0.176. The molecule has 0 radical (unpaired) electrons. The van der Waals surface area contributed by atoms with Crippen molar-refractivity contribution in [2.75, 3.05) is 19.0 Å². The van der Waals surface area contributed by atoms with Crippen molar-refractivity contribution >= 4 is 22.6 Å². The lowest BCUT2D eigenvalue weighted by atomic mass is 10.2. The van der Waals surface area contributed by atoms with Gasteiger partial charge in [0, 0.05) is 23.3 Å². The molecule has 0 saturated heterocycles. The number of aromatic nitrogens is 3. The van der Waals surface area contributed by atoms with Crippen molar-refractivity contribution in [2.45, 2.75) is 6.43 Å². The molecule has 0 saturated carbocycles. The number of alkyl halides is 2. The van der Waals surface area contributed by atoms with Gasteiger partial charge in [-0.15, -0.1) is 0 Å². The number of hydrogen-bond donors (Lipinski definition) is 1. The zero-order chi connectivity index (χ0) is 19.2. The van der Waals surface area contributed by atoms with Crippen LogP contribution in [0.1, 0.15) is 10.4 Å². The highest BCUT2D eigenvalue weighted by Crippen LogP contribution is 2.24. The van der Waals surface area contributed by atoms with Crippen molar-refractivity contribution in [3.8, 4) is 23.0 Å². The first kappa shape index (κ1) is 18.6. The molecule has 10 heteroatoms. The van der Waals surface area contributed by atoms with Crippen LogP contribution in [0, 0.1) is 0 Å². The van der Waals surface area contributed by atoms with Gasteiger partial charge in [-0.1, -0.05) is 0 Å². The highest BCUT2D eigenvalue weighted by molar-refractivity contribution is 7.10. The number of halogens is 2. The number of nitrogens with one attached hydrogen (secondary N) is 1. The lowest BCUT2D eigenvalue weighted by Gasteiger charge is -2.08. The highest BCUT2D eigenvalue weighted by atomic mass is 32.1.